The van der Waals surface area contributed by atoms with Crippen molar-refractivity contribution in [3.05, 3.63) is 76.3 Å². The van der Waals surface area contributed by atoms with Gasteiger partial charge in [-0.3, -0.25) is 38.6 Å². The first-order valence-electron chi connectivity index (χ1n) is 22.2. The molecule has 9 rings (SSSR count). The number of carbonyl (C=O) groups excluding carboxylic acids is 3. The summed E-state index contributed by atoms with van der Waals surface area (Å²) < 4.78 is 74.9. The third kappa shape index (κ3) is 8.73. The largest absolute Gasteiger partial charge is 0.453 e. The van der Waals surface area contributed by atoms with Gasteiger partial charge in [-0.2, -0.15) is 23.1 Å². The monoisotopic (exact) mass is 941 g/mol. The Kier molecular flexibility index (Phi) is 12.1. The van der Waals surface area contributed by atoms with Crippen molar-refractivity contribution in [1.29, 1.82) is 5.26 Å². The highest BCUT2D eigenvalue weighted by Crippen LogP contribution is 2.41. The quantitative estimate of drug-likeness (QED) is 0.181. The Labute approximate surface area is 384 Å². The minimum absolute atomic E-state index is 0.0330. The molecule has 4 aliphatic rings. The SMILES string of the molecule is CCN(C)S(=O)(=O)Nc1ccc(F)c(Oc2ccc3ncn([C@H]4COC5(CCN(C(=O)CC6CCN(c7cc8c(cc7F)c(N7CCC(=O)NC7=O)nn8C)CC6)CC5)C4)c(=O)c3c2)c1C#N. The lowest BCUT2D eigenvalue weighted by Crippen LogP contribution is -2.49. The molecule has 2 N–H and O–H groups in total. The number of nitriles is 1. The number of aromatic nitrogens is 4. The van der Waals surface area contributed by atoms with Crippen LogP contribution in [0.1, 0.15) is 63.5 Å². The molecule has 4 aliphatic heterocycles. The van der Waals surface area contributed by atoms with Gasteiger partial charge in [-0.25, -0.2) is 18.6 Å². The molecule has 0 aliphatic carbocycles. The van der Waals surface area contributed by atoms with E-state index in [1.165, 1.54) is 47.1 Å². The summed E-state index contributed by atoms with van der Waals surface area (Å²) in [5.74, 6) is -1.71. The smallest absolute Gasteiger partial charge is 0.329 e. The summed E-state index contributed by atoms with van der Waals surface area (Å²) in [5, 5.41) is 17.3. The minimum atomic E-state index is -4.04. The summed E-state index contributed by atoms with van der Waals surface area (Å²) >= 11 is 0. The van der Waals surface area contributed by atoms with Gasteiger partial charge in [0.1, 0.15) is 23.2 Å². The first-order valence-corrected chi connectivity index (χ1v) is 23.6. The van der Waals surface area contributed by atoms with Crippen LogP contribution in [-0.4, -0.2) is 113 Å². The van der Waals surface area contributed by atoms with Crippen LogP contribution >= 0.6 is 0 Å². The number of hydrogen-bond donors (Lipinski definition) is 2. The maximum absolute atomic E-state index is 15.7. The molecule has 0 bridgehead atoms. The van der Waals surface area contributed by atoms with Crippen LogP contribution in [0.2, 0.25) is 0 Å². The maximum Gasteiger partial charge on any atom is 0.329 e. The molecule has 22 heteroatoms. The number of fused-ring (bicyclic) bond motifs is 2. The molecule has 0 radical (unpaired) electrons. The lowest BCUT2D eigenvalue weighted by atomic mass is 9.86. The van der Waals surface area contributed by atoms with Crippen LogP contribution in [0, 0.1) is 28.9 Å². The van der Waals surface area contributed by atoms with E-state index in [9.17, 15) is 32.9 Å². The van der Waals surface area contributed by atoms with Crippen LogP contribution in [-0.2, 0) is 31.6 Å². The van der Waals surface area contributed by atoms with Gasteiger partial charge in [-0.15, -0.1) is 0 Å². The third-order valence-electron chi connectivity index (χ3n) is 13.5. The molecule has 6 heterocycles. The number of nitrogens with zero attached hydrogens (tertiary/aromatic N) is 9. The second-order valence-electron chi connectivity index (χ2n) is 17.6. The Bertz CT molecular complexity index is 3030. The number of likely N-dealkylation sites (tertiary alicyclic amines) is 1. The van der Waals surface area contributed by atoms with E-state index in [0.29, 0.717) is 92.6 Å². The van der Waals surface area contributed by atoms with Crippen LogP contribution in [0.4, 0.5) is 30.8 Å². The van der Waals surface area contributed by atoms with Gasteiger partial charge in [0, 0.05) is 71.6 Å². The van der Waals surface area contributed by atoms with Crippen molar-refractivity contribution < 1.29 is 41.1 Å². The molecule has 3 aromatic carbocycles. The molecule has 4 amide bonds. The number of urea groups is 1. The maximum atomic E-state index is 15.7. The molecule has 5 aromatic rings. The number of anilines is 3. The van der Waals surface area contributed by atoms with Crippen molar-refractivity contribution in [2.75, 3.05) is 67.4 Å². The lowest BCUT2D eigenvalue weighted by Gasteiger charge is -2.40. The minimum Gasteiger partial charge on any atom is -0.453 e. The fraction of sp³-hybridized carbons (Fsp3) is 0.444. The second-order valence-corrected chi connectivity index (χ2v) is 19.3. The number of amides is 4. The van der Waals surface area contributed by atoms with Gasteiger partial charge < -0.3 is 19.3 Å². The van der Waals surface area contributed by atoms with E-state index in [1.807, 2.05) is 15.9 Å². The zero-order chi connectivity index (χ0) is 47.4. The van der Waals surface area contributed by atoms with Gasteiger partial charge in [0.15, 0.2) is 17.4 Å². The van der Waals surface area contributed by atoms with Gasteiger partial charge in [0.2, 0.25) is 11.8 Å². The van der Waals surface area contributed by atoms with Gasteiger partial charge in [0.25, 0.3) is 5.56 Å². The van der Waals surface area contributed by atoms with Gasteiger partial charge in [-0.1, -0.05) is 6.92 Å². The van der Waals surface area contributed by atoms with Crippen LogP contribution < -0.4 is 30.1 Å². The number of ether oxygens (including phenoxy) is 2. The number of hydrogen-bond acceptors (Lipinski definition) is 12. The summed E-state index contributed by atoms with van der Waals surface area (Å²) in [6, 6.07) is 10.6. The van der Waals surface area contributed by atoms with E-state index < -0.39 is 39.2 Å². The predicted molar refractivity (Wildman–Crippen MR) is 242 cm³/mol. The summed E-state index contributed by atoms with van der Waals surface area (Å²) in [7, 11) is -0.959. The summed E-state index contributed by atoms with van der Waals surface area (Å²) in [4.78, 5) is 61.5. The predicted octanol–water partition coefficient (Wildman–Crippen LogP) is 4.91. The Morgan fingerprint density at radius 3 is 2.52 bits per heavy atom. The molecule has 2 aromatic heterocycles. The number of nitrogens with one attached hydrogen (secondary N) is 2. The number of halogens is 2. The number of benzene rings is 3. The van der Waals surface area contributed by atoms with Gasteiger partial charge >= 0.3 is 16.2 Å². The van der Waals surface area contributed by atoms with Crippen molar-refractivity contribution >= 4 is 67.1 Å². The number of imide groups is 1. The number of aryl methyl sites for hydroxylation is 1. The van der Waals surface area contributed by atoms with E-state index in [0.717, 1.165) is 16.4 Å². The number of rotatable bonds is 11. The van der Waals surface area contributed by atoms with E-state index >= 15 is 8.78 Å². The highest BCUT2D eigenvalue weighted by molar-refractivity contribution is 7.90. The summed E-state index contributed by atoms with van der Waals surface area (Å²) in [5.41, 5.74) is -0.0143. The normalized spacial score (nSPS) is 19.1. The summed E-state index contributed by atoms with van der Waals surface area (Å²) in [6.45, 7) is 4.33. The molecule has 19 nitrogen and oxygen atoms in total. The average Bonchev–Trinajstić information content (AvgIpc) is 3.86. The number of carbonyl (C=O) groups is 3. The Morgan fingerprint density at radius 2 is 1.81 bits per heavy atom. The van der Waals surface area contributed by atoms with E-state index in [2.05, 4.69) is 20.1 Å². The van der Waals surface area contributed by atoms with Crippen molar-refractivity contribution in [3.8, 4) is 17.6 Å². The van der Waals surface area contributed by atoms with Crippen molar-refractivity contribution in [3.63, 3.8) is 0 Å². The van der Waals surface area contributed by atoms with Gasteiger partial charge in [-0.05, 0) is 80.5 Å². The van der Waals surface area contributed by atoms with Crippen LogP contribution in [0.25, 0.3) is 21.8 Å². The molecular weight excluding hydrogens is 893 g/mol. The fourth-order valence-corrected chi connectivity index (χ4v) is 10.5. The molecule has 1 atom stereocenters. The highest BCUT2D eigenvalue weighted by Gasteiger charge is 2.44. The van der Waals surface area contributed by atoms with E-state index in [-0.39, 0.29) is 77.8 Å². The second kappa shape index (κ2) is 17.8. The third-order valence-corrected chi connectivity index (χ3v) is 15.1. The van der Waals surface area contributed by atoms with Crippen molar-refractivity contribution in [1.82, 2.24) is 33.9 Å². The van der Waals surface area contributed by atoms with Crippen molar-refractivity contribution in [2.24, 2.45) is 13.0 Å². The standard InChI is InChI=1S/C45H49F2N11O8S/c1-4-53(2)67(63,64)52-36-8-6-33(46)41(32(36)24-48)66-29-5-7-35-30(20-29)43(61)58(26-49-35)28-23-45(65-25-28)12-17-56(18-13-45)40(60)19-27-9-14-55(15-10-27)38-22-37-31(21-34(38)47)42(51-54(37)3)57-16-11-39(59)50-44(57)62/h5-8,20-22,26-28,52H,4,9-19,23,25H2,1-3H3,(H,50,59,62)/t28-/m1/s1. The van der Waals surface area contributed by atoms with Gasteiger partial charge in [0.05, 0.1) is 52.4 Å². The molecule has 4 fully saturated rings. The fourth-order valence-electron chi connectivity index (χ4n) is 9.52. The highest BCUT2D eigenvalue weighted by atomic mass is 32.2. The molecular formula is C45H49F2N11O8S. The molecule has 352 valence electrons. The zero-order valence-electron chi connectivity index (χ0n) is 37.1. The van der Waals surface area contributed by atoms with Crippen molar-refractivity contribution in [2.45, 2.75) is 63.5 Å². The van der Waals surface area contributed by atoms with E-state index in [4.69, 9.17) is 9.47 Å². The topological polar surface area (TPSA) is 217 Å². The number of piperidine rings is 2. The summed E-state index contributed by atoms with van der Waals surface area (Å²) in [6.07, 6.45) is 5.11. The first kappa shape index (κ1) is 45.5. The van der Waals surface area contributed by atoms with Crippen LogP contribution in [0.15, 0.2) is 53.6 Å². The molecule has 0 unspecified atom stereocenters. The average molecular weight is 942 g/mol. The van der Waals surface area contributed by atoms with Crippen LogP contribution in [0.3, 0.4) is 0 Å². The Balaban J connectivity index is 0.801. The van der Waals surface area contributed by atoms with E-state index in [1.54, 1.807) is 24.7 Å². The Morgan fingerprint density at radius 1 is 1.04 bits per heavy atom. The molecule has 4 saturated heterocycles. The Hall–Kier alpha value is -6.70. The van der Waals surface area contributed by atoms with Crippen LogP contribution in [0.5, 0.6) is 11.5 Å². The first-order chi connectivity index (χ1) is 32.1. The molecule has 0 saturated carbocycles. The molecule has 1 spiro atoms. The zero-order valence-corrected chi connectivity index (χ0v) is 37.9. The molecule has 67 heavy (non-hydrogen) atoms. The lowest BCUT2D eigenvalue weighted by molar-refractivity contribution is -0.137.